The Morgan fingerprint density at radius 1 is 1.05 bits per heavy atom. The first-order valence-electron chi connectivity index (χ1n) is 6.35. The number of primary sulfonamides is 1. The molecule has 3 rings (SSSR count). The van der Waals surface area contributed by atoms with Gasteiger partial charge in [0.05, 0.1) is 10.5 Å². The molecule has 0 saturated heterocycles. The summed E-state index contributed by atoms with van der Waals surface area (Å²) >= 11 is 1.50. The summed E-state index contributed by atoms with van der Waals surface area (Å²) in [4.78, 5) is 12.3. The monoisotopic (exact) mass is 332 g/mol. The highest BCUT2D eigenvalue weighted by atomic mass is 32.2. The number of carbonyl (C=O) groups excluding carboxylic acids is 1. The van der Waals surface area contributed by atoms with Gasteiger partial charge in [-0.2, -0.15) is 0 Å². The smallest absolute Gasteiger partial charge is 0.257 e. The summed E-state index contributed by atoms with van der Waals surface area (Å²) in [6.45, 7) is 0. The Kier molecular flexibility index (Phi) is 3.69. The van der Waals surface area contributed by atoms with E-state index in [-0.39, 0.29) is 10.8 Å². The van der Waals surface area contributed by atoms with Crippen LogP contribution in [0.4, 0.5) is 5.69 Å². The molecule has 0 aliphatic carbocycles. The third-order valence-corrected chi connectivity index (χ3v) is 5.06. The molecule has 0 saturated carbocycles. The second kappa shape index (κ2) is 5.53. The summed E-state index contributed by atoms with van der Waals surface area (Å²) in [7, 11) is -3.73. The van der Waals surface area contributed by atoms with Crippen molar-refractivity contribution in [3.05, 3.63) is 59.5 Å². The van der Waals surface area contributed by atoms with Crippen molar-refractivity contribution >= 4 is 43.0 Å². The van der Waals surface area contributed by atoms with Crippen LogP contribution in [-0.4, -0.2) is 14.3 Å². The van der Waals surface area contributed by atoms with E-state index >= 15 is 0 Å². The maximum Gasteiger partial charge on any atom is 0.257 e. The third kappa shape index (κ3) is 2.87. The maximum atomic E-state index is 12.3. The average molecular weight is 332 g/mol. The molecule has 3 N–H and O–H groups in total. The SMILES string of the molecule is NS(=O)(=O)c1ccc(NC(=O)c2csc3ccccc23)cc1. The Balaban J connectivity index is 1.85. The van der Waals surface area contributed by atoms with E-state index in [4.69, 9.17) is 5.14 Å². The van der Waals surface area contributed by atoms with Crippen LogP contribution in [0.2, 0.25) is 0 Å². The first-order valence-corrected chi connectivity index (χ1v) is 8.78. The molecule has 0 fully saturated rings. The standard InChI is InChI=1S/C15H12N2O3S2/c16-22(19,20)11-7-5-10(6-8-11)17-15(18)13-9-21-14-4-2-1-3-12(13)14/h1-9H,(H,17,18)(H2,16,19,20). The van der Waals surface area contributed by atoms with Gasteiger partial charge in [0.1, 0.15) is 0 Å². The predicted octanol–water partition coefficient (Wildman–Crippen LogP) is 2.80. The average Bonchev–Trinajstić information content (AvgIpc) is 2.91. The summed E-state index contributed by atoms with van der Waals surface area (Å²) in [6, 6.07) is 13.4. The van der Waals surface area contributed by atoms with Crippen molar-refractivity contribution in [1.29, 1.82) is 0 Å². The number of benzene rings is 2. The number of nitrogens with two attached hydrogens (primary N) is 1. The van der Waals surface area contributed by atoms with Crippen LogP contribution in [0, 0.1) is 0 Å². The van der Waals surface area contributed by atoms with Gasteiger partial charge in [0, 0.05) is 21.2 Å². The van der Waals surface area contributed by atoms with E-state index in [1.165, 1.54) is 35.6 Å². The van der Waals surface area contributed by atoms with Crippen LogP contribution in [0.25, 0.3) is 10.1 Å². The highest BCUT2D eigenvalue weighted by Gasteiger charge is 2.13. The molecule has 22 heavy (non-hydrogen) atoms. The molecule has 7 heteroatoms. The second-order valence-electron chi connectivity index (χ2n) is 4.67. The van der Waals surface area contributed by atoms with Crippen LogP contribution in [-0.2, 0) is 10.0 Å². The van der Waals surface area contributed by atoms with Crippen molar-refractivity contribution in [2.45, 2.75) is 4.90 Å². The lowest BCUT2D eigenvalue weighted by Gasteiger charge is -2.05. The Morgan fingerprint density at radius 3 is 2.41 bits per heavy atom. The molecule has 112 valence electrons. The van der Waals surface area contributed by atoms with Crippen LogP contribution in [0.5, 0.6) is 0 Å². The number of hydrogen-bond acceptors (Lipinski definition) is 4. The minimum atomic E-state index is -3.73. The Labute approximate surface area is 131 Å². The zero-order chi connectivity index (χ0) is 15.7. The van der Waals surface area contributed by atoms with E-state index < -0.39 is 10.0 Å². The van der Waals surface area contributed by atoms with E-state index in [1.54, 1.807) is 5.38 Å². The lowest BCUT2D eigenvalue weighted by atomic mass is 10.1. The van der Waals surface area contributed by atoms with Gasteiger partial charge < -0.3 is 5.32 Å². The van der Waals surface area contributed by atoms with Crippen molar-refractivity contribution in [3.63, 3.8) is 0 Å². The number of rotatable bonds is 3. The zero-order valence-electron chi connectivity index (χ0n) is 11.3. The van der Waals surface area contributed by atoms with Crippen molar-refractivity contribution in [2.75, 3.05) is 5.32 Å². The van der Waals surface area contributed by atoms with Gasteiger partial charge in [-0.3, -0.25) is 4.79 Å². The number of amides is 1. The highest BCUT2D eigenvalue weighted by molar-refractivity contribution is 7.89. The molecule has 0 aliphatic heterocycles. The lowest BCUT2D eigenvalue weighted by molar-refractivity contribution is 0.102. The van der Waals surface area contributed by atoms with Gasteiger partial charge in [-0.05, 0) is 30.3 Å². The maximum absolute atomic E-state index is 12.3. The molecule has 2 aromatic carbocycles. The van der Waals surface area contributed by atoms with Gasteiger partial charge in [0.15, 0.2) is 0 Å². The molecule has 0 unspecified atom stereocenters. The van der Waals surface area contributed by atoms with Crippen molar-refractivity contribution in [1.82, 2.24) is 0 Å². The highest BCUT2D eigenvalue weighted by Crippen LogP contribution is 2.26. The van der Waals surface area contributed by atoms with Crippen LogP contribution < -0.4 is 10.5 Å². The fraction of sp³-hybridized carbons (Fsp3) is 0. The molecule has 0 aliphatic rings. The van der Waals surface area contributed by atoms with E-state index in [2.05, 4.69) is 5.32 Å². The van der Waals surface area contributed by atoms with Crippen LogP contribution in [0.15, 0.2) is 58.8 Å². The summed E-state index contributed by atoms with van der Waals surface area (Å²) < 4.78 is 23.4. The number of nitrogens with one attached hydrogen (secondary N) is 1. The van der Waals surface area contributed by atoms with Gasteiger partial charge >= 0.3 is 0 Å². The van der Waals surface area contributed by atoms with E-state index in [9.17, 15) is 13.2 Å². The quantitative estimate of drug-likeness (QED) is 0.773. The largest absolute Gasteiger partial charge is 0.322 e. The first-order chi connectivity index (χ1) is 10.4. The molecule has 0 bridgehead atoms. The molecule has 1 heterocycles. The molecular formula is C15H12N2O3S2. The van der Waals surface area contributed by atoms with Gasteiger partial charge in [0.2, 0.25) is 10.0 Å². The number of sulfonamides is 1. The van der Waals surface area contributed by atoms with E-state index in [1.807, 2.05) is 24.3 Å². The van der Waals surface area contributed by atoms with Gasteiger partial charge in [-0.25, -0.2) is 13.6 Å². The minimum Gasteiger partial charge on any atom is -0.322 e. The topological polar surface area (TPSA) is 89.3 Å². The third-order valence-electron chi connectivity index (χ3n) is 3.17. The second-order valence-corrected chi connectivity index (χ2v) is 7.14. The lowest BCUT2D eigenvalue weighted by Crippen LogP contribution is -2.13. The van der Waals surface area contributed by atoms with Crippen molar-refractivity contribution < 1.29 is 13.2 Å². The molecule has 1 aromatic heterocycles. The summed E-state index contributed by atoms with van der Waals surface area (Å²) in [6.07, 6.45) is 0. The fourth-order valence-corrected chi connectivity index (χ4v) is 3.54. The zero-order valence-corrected chi connectivity index (χ0v) is 12.9. The number of hydrogen-bond donors (Lipinski definition) is 2. The van der Waals surface area contributed by atoms with E-state index in [0.29, 0.717) is 11.3 Å². The first kappa shape index (κ1) is 14.7. The number of anilines is 1. The molecule has 0 spiro atoms. The Bertz CT molecular complexity index is 944. The van der Waals surface area contributed by atoms with Gasteiger partial charge in [-0.1, -0.05) is 18.2 Å². The minimum absolute atomic E-state index is 0.00600. The van der Waals surface area contributed by atoms with Gasteiger partial charge in [0.25, 0.3) is 5.91 Å². The molecule has 1 amide bonds. The summed E-state index contributed by atoms with van der Waals surface area (Å²) in [5.74, 6) is -0.235. The molecular weight excluding hydrogens is 320 g/mol. The van der Waals surface area contributed by atoms with Crippen molar-refractivity contribution in [3.8, 4) is 0 Å². The van der Waals surface area contributed by atoms with Crippen LogP contribution >= 0.6 is 11.3 Å². The number of carbonyl (C=O) groups is 1. The predicted molar refractivity (Wildman–Crippen MR) is 87.6 cm³/mol. The van der Waals surface area contributed by atoms with Crippen LogP contribution in [0.3, 0.4) is 0 Å². The summed E-state index contributed by atoms with van der Waals surface area (Å²) in [5, 5.41) is 10.5. The Hall–Kier alpha value is -2.22. The molecule has 3 aromatic rings. The van der Waals surface area contributed by atoms with Gasteiger partial charge in [-0.15, -0.1) is 11.3 Å². The molecule has 5 nitrogen and oxygen atoms in total. The normalized spacial score (nSPS) is 11.5. The van der Waals surface area contributed by atoms with Crippen LogP contribution in [0.1, 0.15) is 10.4 Å². The number of thiophene rings is 1. The molecule has 0 radical (unpaired) electrons. The summed E-state index contributed by atoms with van der Waals surface area (Å²) in [5.41, 5.74) is 1.10. The Morgan fingerprint density at radius 2 is 1.73 bits per heavy atom. The van der Waals surface area contributed by atoms with Crippen molar-refractivity contribution in [2.24, 2.45) is 5.14 Å². The fourth-order valence-electron chi connectivity index (χ4n) is 2.08. The molecule has 0 atom stereocenters. The number of fused-ring (bicyclic) bond motifs is 1. The van der Waals surface area contributed by atoms with E-state index in [0.717, 1.165) is 10.1 Å².